The SMILES string of the molecule is Cc1cscc1CNC(=O)N[C@@H](CC(N)=O)C(=O)O. The Kier molecular flexibility index (Phi) is 5.31. The van der Waals surface area contributed by atoms with Crippen LogP contribution in [0.25, 0.3) is 0 Å². The summed E-state index contributed by atoms with van der Waals surface area (Å²) in [7, 11) is 0. The van der Waals surface area contributed by atoms with E-state index in [2.05, 4.69) is 10.6 Å². The molecule has 0 spiro atoms. The molecule has 0 aromatic carbocycles. The van der Waals surface area contributed by atoms with E-state index < -0.39 is 30.4 Å². The number of rotatable bonds is 6. The molecule has 1 rings (SSSR count). The fraction of sp³-hybridized carbons (Fsp3) is 0.364. The van der Waals surface area contributed by atoms with Gasteiger partial charge < -0.3 is 21.5 Å². The van der Waals surface area contributed by atoms with Gasteiger partial charge in [0, 0.05) is 6.54 Å². The maximum Gasteiger partial charge on any atom is 0.326 e. The summed E-state index contributed by atoms with van der Waals surface area (Å²) >= 11 is 1.52. The first-order valence-electron chi connectivity index (χ1n) is 5.47. The van der Waals surface area contributed by atoms with Gasteiger partial charge in [-0.2, -0.15) is 11.3 Å². The third-order valence-electron chi connectivity index (χ3n) is 2.41. The van der Waals surface area contributed by atoms with Crippen molar-refractivity contribution in [3.63, 3.8) is 0 Å². The number of urea groups is 1. The van der Waals surface area contributed by atoms with Crippen molar-refractivity contribution >= 4 is 29.2 Å². The highest BCUT2D eigenvalue weighted by Crippen LogP contribution is 2.12. The van der Waals surface area contributed by atoms with Crippen LogP contribution in [0.15, 0.2) is 10.8 Å². The van der Waals surface area contributed by atoms with Gasteiger partial charge in [-0.3, -0.25) is 4.79 Å². The van der Waals surface area contributed by atoms with E-state index in [1.807, 2.05) is 17.7 Å². The molecule has 0 radical (unpaired) electrons. The van der Waals surface area contributed by atoms with Crippen molar-refractivity contribution in [2.45, 2.75) is 25.9 Å². The highest BCUT2D eigenvalue weighted by Gasteiger charge is 2.21. The second kappa shape index (κ2) is 6.74. The second-order valence-electron chi connectivity index (χ2n) is 3.97. The highest BCUT2D eigenvalue weighted by atomic mass is 32.1. The number of thiophene rings is 1. The minimum Gasteiger partial charge on any atom is -0.480 e. The molecule has 1 aromatic rings. The Morgan fingerprint density at radius 2 is 2.11 bits per heavy atom. The van der Waals surface area contributed by atoms with Crippen LogP contribution in [0.4, 0.5) is 4.79 Å². The minimum absolute atomic E-state index is 0.296. The van der Waals surface area contributed by atoms with Gasteiger partial charge >= 0.3 is 12.0 Å². The van der Waals surface area contributed by atoms with Crippen LogP contribution in [0.1, 0.15) is 17.5 Å². The third kappa shape index (κ3) is 4.96. The van der Waals surface area contributed by atoms with Crippen LogP contribution in [0.2, 0.25) is 0 Å². The average molecular weight is 285 g/mol. The molecule has 1 heterocycles. The monoisotopic (exact) mass is 285 g/mol. The van der Waals surface area contributed by atoms with Crippen LogP contribution in [0, 0.1) is 6.92 Å². The zero-order valence-corrected chi connectivity index (χ0v) is 11.1. The van der Waals surface area contributed by atoms with Crippen molar-refractivity contribution in [3.8, 4) is 0 Å². The molecule has 104 valence electrons. The van der Waals surface area contributed by atoms with Gasteiger partial charge in [0.1, 0.15) is 6.04 Å². The summed E-state index contributed by atoms with van der Waals surface area (Å²) in [5, 5.41) is 17.4. The molecule has 8 heteroatoms. The van der Waals surface area contributed by atoms with Crippen LogP contribution >= 0.6 is 11.3 Å². The molecule has 0 fully saturated rings. The number of hydrogen-bond donors (Lipinski definition) is 4. The Bertz CT molecular complexity index is 486. The number of amides is 3. The van der Waals surface area contributed by atoms with Crippen molar-refractivity contribution < 1.29 is 19.5 Å². The van der Waals surface area contributed by atoms with Crippen LogP contribution < -0.4 is 16.4 Å². The Morgan fingerprint density at radius 3 is 2.58 bits per heavy atom. The standard InChI is InChI=1S/C11H15N3O4S/c1-6-4-19-5-7(6)3-13-11(18)14-8(10(16)17)2-9(12)15/h4-5,8H,2-3H2,1H3,(H2,12,15)(H,16,17)(H2,13,14,18)/t8-/m0/s1. The number of aliphatic carboxylic acids is 1. The predicted molar refractivity (Wildman–Crippen MR) is 69.7 cm³/mol. The molecule has 1 aromatic heterocycles. The molecule has 1 atom stereocenters. The number of aryl methyl sites for hydroxylation is 1. The zero-order chi connectivity index (χ0) is 14.4. The molecule has 0 aliphatic rings. The lowest BCUT2D eigenvalue weighted by molar-refractivity contribution is -0.140. The number of hydrogen-bond acceptors (Lipinski definition) is 4. The second-order valence-corrected chi connectivity index (χ2v) is 4.71. The first-order valence-corrected chi connectivity index (χ1v) is 6.41. The highest BCUT2D eigenvalue weighted by molar-refractivity contribution is 7.08. The summed E-state index contributed by atoms with van der Waals surface area (Å²) < 4.78 is 0. The zero-order valence-electron chi connectivity index (χ0n) is 10.3. The molecule has 0 unspecified atom stereocenters. The van der Waals surface area contributed by atoms with Gasteiger partial charge in [0.2, 0.25) is 5.91 Å². The molecule has 0 aliphatic heterocycles. The molecular formula is C11H15N3O4S. The van der Waals surface area contributed by atoms with E-state index in [-0.39, 0.29) is 0 Å². The molecule has 7 nitrogen and oxygen atoms in total. The molecule has 5 N–H and O–H groups in total. The number of nitrogens with two attached hydrogens (primary N) is 1. The summed E-state index contributed by atoms with van der Waals surface area (Å²) in [6, 6.07) is -1.97. The average Bonchev–Trinajstić information content (AvgIpc) is 2.70. The quantitative estimate of drug-likeness (QED) is 0.595. The number of carboxylic acids is 1. The van der Waals surface area contributed by atoms with Gasteiger partial charge in [0.15, 0.2) is 0 Å². The van der Waals surface area contributed by atoms with Crippen LogP contribution in [-0.4, -0.2) is 29.1 Å². The molecule has 0 saturated heterocycles. The fourth-order valence-corrected chi connectivity index (χ4v) is 2.21. The maximum atomic E-state index is 11.5. The lowest BCUT2D eigenvalue weighted by atomic mass is 10.2. The normalized spacial score (nSPS) is 11.6. The smallest absolute Gasteiger partial charge is 0.326 e. The third-order valence-corrected chi connectivity index (χ3v) is 3.32. The summed E-state index contributed by atoms with van der Waals surface area (Å²) in [6.45, 7) is 2.21. The van der Waals surface area contributed by atoms with Crippen molar-refractivity contribution in [1.29, 1.82) is 0 Å². The molecular weight excluding hydrogens is 270 g/mol. The molecule has 0 bridgehead atoms. The Morgan fingerprint density at radius 1 is 1.42 bits per heavy atom. The van der Waals surface area contributed by atoms with Gasteiger partial charge in [0.25, 0.3) is 0 Å². The Labute approximate surface area is 113 Å². The van der Waals surface area contributed by atoms with Gasteiger partial charge in [-0.25, -0.2) is 9.59 Å². The number of carbonyl (C=O) groups is 3. The summed E-state index contributed by atoms with van der Waals surface area (Å²) in [5.41, 5.74) is 6.92. The van der Waals surface area contributed by atoms with E-state index in [9.17, 15) is 14.4 Å². The van der Waals surface area contributed by atoms with E-state index in [1.54, 1.807) is 0 Å². The van der Waals surface area contributed by atoms with E-state index in [4.69, 9.17) is 10.8 Å². The first kappa shape index (κ1) is 15.0. The molecule has 0 aliphatic carbocycles. The largest absolute Gasteiger partial charge is 0.480 e. The topological polar surface area (TPSA) is 122 Å². The van der Waals surface area contributed by atoms with Gasteiger partial charge in [-0.1, -0.05) is 0 Å². The predicted octanol–water partition coefficient (Wildman–Crippen LogP) is 0.184. The van der Waals surface area contributed by atoms with Crippen molar-refractivity contribution in [3.05, 3.63) is 21.9 Å². The summed E-state index contributed by atoms with van der Waals surface area (Å²) in [4.78, 5) is 33.0. The number of carboxylic acid groups (broad SMARTS) is 1. The molecule has 0 saturated carbocycles. The fourth-order valence-electron chi connectivity index (χ4n) is 1.35. The molecule has 3 amide bonds. The van der Waals surface area contributed by atoms with Gasteiger partial charge in [-0.15, -0.1) is 0 Å². The first-order chi connectivity index (χ1) is 8.90. The minimum atomic E-state index is -1.32. The van der Waals surface area contributed by atoms with Crippen molar-refractivity contribution in [2.75, 3.05) is 0 Å². The lowest BCUT2D eigenvalue weighted by Gasteiger charge is -2.13. The van der Waals surface area contributed by atoms with E-state index in [1.165, 1.54) is 11.3 Å². The number of carbonyl (C=O) groups excluding carboxylic acids is 2. The Balaban J connectivity index is 2.47. The van der Waals surface area contributed by atoms with Crippen LogP contribution in [0.3, 0.4) is 0 Å². The van der Waals surface area contributed by atoms with E-state index >= 15 is 0 Å². The van der Waals surface area contributed by atoms with Crippen LogP contribution in [0.5, 0.6) is 0 Å². The van der Waals surface area contributed by atoms with E-state index in [0.29, 0.717) is 6.54 Å². The van der Waals surface area contributed by atoms with Crippen molar-refractivity contribution in [2.24, 2.45) is 5.73 Å². The summed E-state index contributed by atoms with van der Waals surface area (Å²) in [5.74, 6) is -2.10. The van der Waals surface area contributed by atoms with Gasteiger partial charge in [0.05, 0.1) is 6.42 Å². The number of primary amides is 1. The van der Waals surface area contributed by atoms with Crippen molar-refractivity contribution in [1.82, 2.24) is 10.6 Å². The van der Waals surface area contributed by atoms with Gasteiger partial charge in [-0.05, 0) is 28.8 Å². The number of nitrogens with one attached hydrogen (secondary N) is 2. The van der Waals surface area contributed by atoms with E-state index in [0.717, 1.165) is 11.1 Å². The summed E-state index contributed by atoms with van der Waals surface area (Å²) in [6.07, 6.45) is -0.444. The maximum absolute atomic E-state index is 11.5. The van der Waals surface area contributed by atoms with Crippen LogP contribution in [-0.2, 0) is 16.1 Å². The lowest BCUT2D eigenvalue weighted by Crippen LogP contribution is -2.47. The molecule has 19 heavy (non-hydrogen) atoms. The Hall–Kier alpha value is -2.09.